The van der Waals surface area contributed by atoms with Gasteiger partial charge in [-0.15, -0.1) is 0 Å². The summed E-state index contributed by atoms with van der Waals surface area (Å²) >= 11 is 0. The summed E-state index contributed by atoms with van der Waals surface area (Å²) < 4.78 is 4.62. The minimum atomic E-state index is -1.05. The summed E-state index contributed by atoms with van der Waals surface area (Å²) in [6, 6.07) is 0. The average molecular weight is 228 g/mol. The van der Waals surface area contributed by atoms with Crippen molar-refractivity contribution in [1.82, 2.24) is 0 Å². The quantitative estimate of drug-likeness (QED) is 0.753. The van der Waals surface area contributed by atoms with Crippen molar-refractivity contribution in [2.45, 2.75) is 47.6 Å². The summed E-state index contributed by atoms with van der Waals surface area (Å²) in [5.41, 5.74) is -0.170. The van der Waals surface area contributed by atoms with Gasteiger partial charge in [-0.05, 0) is 16.7 Å². The van der Waals surface area contributed by atoms with Crippen LogP contribution in [0.15, 0.2) is 0 Å². The third kappa shape index (κ3) is 1.56. The molecule has 1 saturated carbocycles. The molecule has 1 unspecified atom stereocenters. The molecule has 0 aliphatic heterocycles. The number of rotatable bonds is 3. The van der Waals surface area contributed by atoms with Crippen LogP contribution < -0.4 is 0 Å². The smallest absolute Gasteiger partial charge is 0.335 e. The molecule has 0 aromatic carbocycles. The number of carbonyl (C=O) groups is 1. The molecular formula is C13H24O3. The first-order valence-corrected chi connectivity index (χ1v) is 5.77. The molecule has 0 heterocycles. The van der Waals surface area contributed by atoms with Gasteiger partial charge in [-0.2, -0.15) is 0 Å². The van der Waals surface area contributed by atoms with Crippen LogP contribution in [-0.2, 0) is 9.53 Å². The topological polar surface area (TPSA) is 46.5 Å². The minimum Gasteiger partial charge on any atom is -0.467 e. The zero-order valence-corrected chi connectivity index (χ0v) is 11.4. The maximum atomic E-state index is 11.4. The predicted octanol–water partition coefficient (Wildman–Crippen LogP) is 2.23. The number of methoxy groups -OCH3 is 1. The van der Waals surface area contributed by atoms with E-state index in [0.717, 1.165) is 0 Å². The van der Waals surface area contributed by atoms with Crippen molar-refractivity contribution in [2.75, 3.05) is 7.11 Å². The molecule has 3 heteroatoms. The zero-order chi connectivity index (χ0) is 12.9. The van der Waals surface area contributed by atoms with E-state index >= 15 is 0 Å². The molecule has 0 spiro atoms. The van der Waals surface area contributed by atoms with Crippen molar-refractivity contribution in [3.8, 4) is 0 Å². The van der Waals surface area contributed by atoms with Gasteiger partial charge < -0.3 is 9.84 Å². The van der Waals surface area contributed by atoms with Crippen molar-refractivity contribution < 1.29 is 14.6 Å². The lowest BCUT2D eigenvalue weighted by molar-refractivity contribution is -0.158. The second-order valence-electron chi connectivity index (χ2n) is 6.62. The van der Waals surface area contributed by atoms with Crippen LogP contribution in [0.5, 0.6) is 0 Å². The fourth-order valence-corrected chi connectivity index (χ4v) is 3.63. The molecule has 0 bridgehead atoms. The predicted molar refractivity (Wildman–Crippen MR) is 62.9 cm³/mol. The van der Waals surface area contributed by atoms with Crippen molar-refractivity contribution in [1.29, 1.82) is 0 Å². The van der Waals surface area contributed by atoms with Gasteiger partial charge in [0.1, 0.15) is 0 Å². The molecule has 1 atom stereocenters. The molecule has 3 nitrogen and oxygen atoms in total. The average Bonchev–Trinajstić information content (AvgIpc) is 2.55. The molecule has 0 aromatic heterocycles. The second kappa shape index (κ2) is 3.46. The molecule has 1 fully saturated rings. The number of aliphatic hydroxyl groups excluding tert-OH is 1. The van der Waals surface area contributed by atoms with E-state index in [1.807, 2.05) is 13.8 Å². The molecule has 16 heavy (non-hydrogen) atoms. The van der Waals surface area contributed by atoms with E-state index in [1.54, 1.807) is 0 Å². The summed E-state index contributed by atoms with van der Waals surface area (Å²) in [4.78, 5) is 11.4. The molecule has 1 rings (SSSR count). The Balaban J connectivity index is 2.93. The monoisotopic (exact) mass is 228 g/mol. The second-order valence-corrected chi connectivity index (χ2v) is 6.62. The maximum absolute atomic E-state index is 11.4. The Labute approximate surface area is 98.2 Å². The van der Waals surface area contributed by atoms with E-state index in [2.05, 4.69) is 32.4 Å². The SMILES string of the molecule is COC(=O)C(O)C(C)(C)C1C(C)(C)C1(C)C. The van der Waals surface area contributed by atoms with Crippen LogP contribution in [-0.4, -0.2) is 24.3 Å². The Hall–Kier alpha value is -0.570. The third-order valence-electron chi connectivity index (χ3n) is 4.89. The summed E-state index contributed by atoms with van der Waals surface area (Å²) in [7, 11) is 1.31. The zero-order valence-electron chi connectivity index (χ0n) is 11.4. The van der Waals surface area contributed by atoms with E-state index in [9.17, 15) is 9.90 Å². The van der Waals surface area contributed by atoms with E-state index in [0.29, 0.717) is 5.92 Å². The lowest BCUT2D eigenvalue weighted by Crippen LogP contribution is -2.40. The first kappa shape index (κ1) is 13.5. The van der Waals surface area contributed by atoms with E-state index < -0.39 is 17.5 Å². The van der Waals surface area contributed by atoms with E-state index in [4.69, 9.17) is 0 Å². The molecule has 1 aliphatic carbocycles. The van der Waals surface area contributed by atoms with Crippen LogP contribution in [0.1, 0.15) is 41.5 Å². The maximum Gasteiger partial charge on any atom is 0.335 e. The first-order valence-electron chi connectivity index (χ1n) is 5.77. The highest BCUT2D eigenvalue weighted by Gasteiger charge is 2.71. The van der Waals surface area contributed by atoms with Crippen molar-refractivity contribution >= 4 is 5.97 Å². The Morgan fingerprint density at radius 2 is 1.62 bits per heavy atom. The van der Waals surface area contributed by atoms with Gasteiger partial charge in [0.05, 0.1) is 7.11 Å². The fraction of sp³-hybridized carbons (Fsp3) is 0.923. The van der Waals surface area contributed by atoms with Gasteiger partial charge in [-0.3, -0.25) is 0 Å². The summed E-state index contributed by atoms with van der Waals surface area (Å²) in [6.07, 6.45) is -1.05. The van der Waals surface area contributed by atoms with Gasteiger partial charge in [0.2, 0.25) is 0 Å². The van der Waals surface area contributed by atoms with Gasteiger partial charge in [-0.1, -0.05) is 41.5 Å². The lowest BCUT2D eigenvalue weighted by atomic mass is 9.77. The highest BCUT2D eigenvalue weighted by Crippen LogP contribution is 2.74. The normalized spacial score (nSPS) is 25.0. The van der Waals surface area contributed by atoms with E-state index in [1.165, 1.54) is 7.11 Å². The Kier molecular flexibility index (Phi) is 2.92. The largest absolute Gasteiger partial charge is 0.467 e. The number of aliphatic hydroxyl groups is 1. The molecule has 1 aliphatic rings. The van der Waals surface area contributed by atoms with Crippen LogP contribution in [0.3, 0.4) is 0 Å². The number of esters is 1. The summed E-state index contributed by atoms with van der Waals surface area (Å²) in [5, 5.41) is 10.0. The Morgan fingerprint density at radius 1 is 1.25 bits per heavy atom. The van der Waals surface area contributed by atoms with Gasteiger partial charge in [-0.25, -0.2) is 4.79 Å². The number of hydrogen-bond acceptors (Lipinski definition) is 3. The fourth-order valence-electron chi connectivity index (χ4n) is 3.63. The highest BCUT2D eigenvalue weighted by atomic mass is 16.5. The molecular weight excluding hydrogens is 204 g/mol. The van der Waals surface area contributed by atoms with Crippen LogP contribution in [0.4, 0.5) is 0 Å². The van der Waals surface area contributed by atoms with Crippen LogP contribution >= 0.6 is 0 Å². The molecule has 0 amide bonds. The van der Waals surface area contributed by atoms with Crippen molar-refractivity contribution in [3.63, 3.8) is 0 Å². The van der Waals surface area contributed by atoms with Crippen molar-refractivity contribution in [3.05, 3.63) is 0 Å². The van der Waals surface area contributed by atoms with Gasteiger partial charge >= 0.3 is 5.97 Å². The third-order valence-corrected chi connectivity index (χ3v) is 4.89. The highest BCUT2D eigenvalue weighted by molar-refractivity contribution is 5.75. The van der Waals surface area contributed by atoms with Crippen LogP contribution in [0.2, 0.25) is 0 Å². The summed E-state index contributed by atoms with van der Waals surface area (Å²) in [5.74, 6) is -0.231. The molecule has 1 N–H and O–H groups in total. The van der Waals surface area contributed by atoms with Gasteiger partial charge in [0, 0.05) is 5.41 Å². The molecule has 0 saturated heterocycles. The Bertz CT molecular complexity index is 288. The van der Waals surface area contributed by atoms with Gasteiger partial charge in [0.15, 0.2) is 6.10 Å². The van der Waals surface area contributed by atoms with Gasteiger partial charge in [0.25, 0.3) is 0 Å². The number of carbonyl (C=O) groups excluding carboxylic acids is 1. The summed E-state index contributed by atoms with van der Waals surface area (Å²) in [6.45, 7) is 12.6. The van der Waals surface area contributed by atoms with Crippen LogP contribution in [0.25, 0.3) is 0 Å². The lowest BCUT2D eigenvalue weighted by Gasteiger charge is -2.31. The van der Waals surface area contributed by atoms with E-state index in [-0.39, 0.29) is 10.8 Å². The van der Waals surface area contributed by atoms with Crippen LogP contribution in [0, 0.1) is 22.2 Å². The molecule has 0 radical (unpaired) electrons. The number of ether oxygens (including phenoxy) is 1. The standard InChI is InChI=1S/C13H24O3/c1-11(2,8(14)9(15)16-7)10-12(3,4)13(10,5)6/h8,10,14H,1-7H3. The minimum absolute atomic E-state index is 0.144. The molecule has 0 aromatic rings. The first-order chi connectivity index (χ1) is 7.01. The molecule has 94 valence electrons. The Morgan fingerprint density at radius 3 is 1.88 bits per heavy atom. The van der Waals surface area contributed by atoms with Crippen molar-refractivity contribution in [2.24, 2.45) is 22.2 Å². The number of hydrogen-bond donors (Lipinski definition) is 1.